The minimum Gasteiger partial charge on any atom is -0.476 e. The summed E-state index contributed by atoms with van der Waals surface area (Å²) in [6, 6.07) is 5.22. The maximum Gasteiger partial charge on any atom is 0.410 e. The first-order chi connectivity index (χ1) is 9.31. The number of likely N-dealkylation sites (N-methyl/N-ethyl adjacent to an activating group) is 1. The molecule has 0 saturated carbocycles. The maximum absolute atomic E-state index is 11.7. The Kier molecular flexibility index (Phi) is 5.32. The Bertz CT molecular complexity index is 486. The molecule has 0 aromatic carbocycles. The van der Waals surface area contributed by atoms with Crippen LogP contribution in [-0.2, 0) is 4.74 Å². The molecule has 20 heavy (non-hydrogen) atoms. The van der Waals surface area contributed by atoms with E-state index in [9.17, 15) is 4.79 Å². The third kappa shape index (κ3) is 5.57. The minimum atomic E-state index is -0.513. The van der Waals surface area contributed by atoms with Crippen LogP contribution in [0.5, 0.6) is 5.88 Å². The van der Waals surface area contributed by atoms with E-state index in [-0.39, 0.29) is 0 Å². The second kappa shape index (κ2) is 6.75. The van der Waals surface area contributed by atoms with Crippen molar-refractivity contribution in [1.82, 2.24) is 9.88 Å². The Balaban J connectivity index is 2.36. The molecule has 1 amide bonds. The highest BCUT2D eigenvalue weighted by atomic mass is 16.6. The average Bonchev–Trinajstić information content (AvgIpc) is 2.37. The summed E-state index contributed by atoms with van der Waals surface area (Å²) in [6.07, 6.45) is 1.04. The molecule has 0 aliphatic heterocycles. The van der Waals surface area contributed by atoms with Gasteiger partial charge in [0.2, 0.25) is 5.88 Å². The first kappa shape index (κ1) is 15.8. The number of hydrogen-bond acceptors (Lipinski definition) is 5. The van der Waals surface area contributed by atoms with Crippen LogP contribution in [0.1, 0.15) is 26.3 Å². The standard InChI is InChI=1S/C14H19N3O3/c1-14(2,3)20-13(18)17(4)7-8-19-12-6-5-11(9-15)10-16-12/h5-6,10H,7-8H2,1-4H3. The van der Waals surface area contributed by atoms with Crippen molar-refractivity contribution < 1.29 is 14.3 Å². The average molecular weight is 277 g/mol. The Morgan fingerprint density at radius 3 is 2.65 bits per heavy atom. The van der Waals surface area contributed by atoms with Crippen molar-refractivity contribution in [3.63, 3.8) is 0 Å². The molecule has 1 aromatic heterocycles. The molecule has 0 saturated heterocycles. The molecular formula is C14H19N3O3. The molecule has 0 N–H and O–H groups in total. The number of rotatable bonds is 4. The molecular weight excluding hydrogens is 258 g/mol. The topological polar surface area (TPSA) is 75.5 Å². The molecule has 0 spiro atoms. The number of pyridine rings is 1. The number of nitriles is 1. The predicted octanol–water partition coefficient (Wildman–Crippen LogP) is 2.20. The summed E-state index contributed by atoms with van der Waals surface area (Å²) >= 11 is 0. The second-order valence-electron chi connectivity index (χ2n) is 5.25. The van der Waals surface area contributed by atoms with Crippen LogP contribution in [0, 0.1) is 11.3 Å². The quantitative estimate of drug-likeness (QED) is 0.843. The molecule has 6 nitrogen and oxygen atoms in total. The van der Waals surface area contributed by atoms with Crippen LogP contribution in [0.3, 0.4) is 0 Å². The van der Waals surface area contributed by atoms with E-state index >= 15 is 0 Å². The molecule has 1 rings (SSSR count). The SMILES string of the molecule is CN(CCOc1ccc(C#N)cn1)C(=O)OC(C)(C)C. The Hall–Kier alpha value is -2.29. The number of hydrogen-bond donors (Lipinski definition) is 0. The molecule has 0 unspecified atom stereocenters. The fourth-order valence-electron chi connectivity index (χ4n) is 1.25. The summed E-state index contributed by atoms with van der Waals surface area (Å²) in [6.45, 7) is 6.13. The van der Waals surface area contributed by atoms with Crippen molar-refractivity contribution >= 4 is 6.09 Å². The molecule has 108 valence electrons. The molecule has 1 heterocycles. The van der Waals surface area contributed by atoms with Gasteiger partial charge in [-0.15, -0.1) is 0 Å². The van der Waals surface area contributed by atoms with Crippen LogP contribution in [-0.4, -0.2) is 41.8 Å². The number of amides is 1. The number of aromatic nitrogens is 1. The van der Waals surface area contributed by atoms with Gasteiger partial charge < -0.3 is 14.4 Å². The molecule has 6 heteroatoms. The summed E-state index contributed by atoms with van der Waals surface area (Å²) in [5, 5.41) is 8.64. The summed E-state index contributed by atoms with van der Waals surface area (Å²) < 4.78 is 10.6. The highest BCUT2D eigenvalue weighted by Crippen LogP contribution is 2.09. The van der Waals surface area contributed by atoms with Crippen molar-refractivity contribution in [2.75, 3.05) is 20.2 Å². The van der Waals surface area contributed by atoms with E-state index in [1.54, 1.807) is 19.2 Å². The summed E-state index contributed by atoms with van der Waals surface area (Å²) in [4.78, 5) is 17.1. The van der Waals surface area contributed by atoms with E-state index in [1.165, 1.54) is 11.1 Å². The third-order valence-electron chi connectivity index (χ3n) is 2.25. The van der Waals surface area contributed by atoms with Crippen molar-refractivity contribution in [3.05, 3.63) is 23.9 Å². The summed E-state index contributed by atoms with van der Waals surface area (Å²) in [5.41, 5.74) is -0.0378. The predicted molar refractivity (Wildman–Crippen MR) is 73.3 cm³/mol. The number of ether oxygens (including phenoxy) is 2. The first-order valence-corrected chi connectivity index (χ1v) is 6.25. The molecule has 0 radical (unpaired) electrons. The largest absolute Gasteiger partial charge is 0.476 e. The van der Waals surface area contributed by atoms with E-state index < -0.39 is 11.7 Å². The van der Waals surface area contributed by atoms with Gasteiger partial charge in [0, 0.05) is 19.3 Å². The second-order valence-corrected chi connectivity index (χ2v) is 5.25. The lowest BCUT2D eigenvalue weighted by atomic mass is 10.2. The van der Waals surface area contributed by atoms with Crippen molar-refractivity contribution in [1.29, 1.82) is 5.26 Å². The van der Waals surface area contributed by atoms with Crippen LogP contribution in [0.4, 0.5) is 4.79 Å². The van der Waals surface area contributed by atoms with Crippen LogP contribution < -0.4 is 4.74 Å². The summed E-state index contributed by atoms with van der Waals surface area (Å²) in [5.74, 6) is 0.418. The molecule has 0 aliphatic carbocycles. The monoisotopic (exact) mass is 277 g/mol. The van der Waals surface area contributed by atoms with Gasteiger partial charge >= 0.3 is 6.09 Å². The van der Waals surface area contributed by atoms with E-state index in [2.05, 4.69) is 4.98 Å². The Morgan fingerprint density at radius 1 is 1.45 bits per heavy atom. The van der Waals surface area contributed by atoms with Gasteiger partial charge in [0.25, 0.3) is 0 Å². The fourth-order valence-corrected chi connectivity index (χ4v) is 1.25. The van der Waals surface area contributed by atoms with Crippen molar-refractivity contribution in [2.24, 2.45) is 0 Å². The van der Waals surface area contributed by atoms with E-state index in [0.717, 1.165) is 0 Å². The van der Waals surface area contributed by atoms with Crippen molar-refractivity contribution in [2.45, 2.75) is 26.4 Å². The van der Waals surface area contributed by atoms with Crippen LogP contribution in [0.15, 0.2) is 18.3 Å². The lowest BCUT2D eigenvalue weighted by Gasteiger charge is -2.24. The van der Waals surface area contributed by atoms with Gasteiger partial charge in [-0.25, -0.2) is 9.78 Å². The maximum atomic E-state index is 11.7. The number of nitrogens with zero attached hydrogens (tertiary/aromatic N) is 3. The molecule has 0 fully saturated rings. The lowest BCUT2D eigenvalue weighted by molar-refractivity contribution is 0.0277. The lowest BCUT2D eigenvalue weighted by Crippen LogP contribution is -2.36. The van der Waals surface area contributed by atoms with Gasteiger partial charge in [0.1, 0.15) is 18.3 Å². The number of carbonyl (C=O) groups excluding carboxylic acids is 1. The van der Waals surface area contributed by atoms with Crippen LogP contribution in [0.2, 0.25) is 0 Å². The zero-order chi connectivity index (χ0) is 15.2. The smallest absolute Gasteiger partial charge is 0.410 e. The highest BCUT2D eigenvalue weighted by Gasteiger charge is 2.19. The van der Waals surface area contributed by atoms with Gasteiger partial charge in [0.15, 0.2) is 0 Å². The van der Waals surface area contributed by atoms with Crippen LogP contribution >= 0.6 is 0 Å². The van der Waals surface area contributed by atoms with E-state index in [4.69, 9.17) is 14.7 Å². The van der Waals surface area contributed by atoms with Crippen LogP contribution in [0.25, 0.3) is 0 Å². The molecule has 1 aromatic rings. The molecule has 0 aliphatic rings. The van der Waals surface area contributed by atoms with Crippen molar-refractivity contribution in [3.8, 4) is 11.9 Å². The third-order valence-corrected chi connectivity index (χ3v) is 2.25. The van der Waals surface area contributed by atoms with Gasteiger partial charge in [0.05, 0.1) is 12.1 Å². The normalized spacial score (nSPS) is 10.6. The van der Waals surface area contributed by atoms with Gasteiger partial charge in [-0.2, -0.15) is 5.26 Å². The zero-order valence-corrected chi connectivity index (χ0v) is 12.2. The molecule has 0 bridgehead atoms. The number of carbonyl (C=O) groups is 1. The molecule has 0 atom stereocenters. The Labute approximate surface area is 118 Å². The highest BCUT2D eigenvalue weighted by molar-refractivity contribution is 5.67. The summed E-state index contributed by atoms with van der Waals surface area (Å²) in [7, 11) is 1.64. The minimum absolute atomic E-state index is 0.300. The Morgan fingerprint density at radius 2 is 2.15 bits per heavy atom. The first-order valence-electron chi connectivity index (χ1n) is 6.25. The zero-order valence-electron chi connectivity index (χ0n) is 12.2. The fraction of sp³-hybridized carbons (Fsp3) is 0.500. The van der Waals surface area contributed by atoms with Gasteiger partial charge in [-0.1, -0.05) is 0 Å². The van der Waals surface area contributed by atoms with E-state index in [0.29, 0.717) is 24.6 Å². The van der Waals surface area contributed by atoms with E-state index in [1.807, 2.05) is 26.8 Å². The van der Waals surface area contributed by atoms with Gasteiger partial charge in [-0.3, -0.25) is 0 Å². The van der Waals surface area contributed by atoms with Gasteiger partial charge in [-0.05, 0) is 26.8 Å².